The lowest BCUT2D eigenvalue weighted by molar-refractivity contribution is 0.530. The van der Waals surface area contributed by atoms with E-state index < -0.39 is 10.0 Å². The molecule has 6 heteroatoms. The van der Waals surface area contributed by atoms with Crippen LogP contribution < -0.4 is 10.0 Å². The molecule has 0 spiro atoms. The molecule has 1 fully saturated rings. The smallest absolute Gasteiger partial charge is 0.242 e. The molecule has 1 aromatic heterocycles. The summed E-state index contributed by atoms with van der Waals surface area (Å²) in [4.78, 5) is 0.347. The molecule has 0 radical (unpaired) electrons. The van der Waals surface area contributed by atoms with Crippen molar-refractivity contribution in [2.45, 2.75) is 31.2 Å². The fraction of sp³-hybridized carbons (Fsp3) is 0.667. The van der Waals surface area contributed by atoms with Gasteiger partial charge in [-0.25, -0.2) is 13.1 Å². The van der Waals surface area contributed by atoms with Crippen molar-refractivity contribution >= 4 is 10.0 Å². The minimum Gasteiger partial charge on any atom is -0.352 e. The van der Waals surface area contributed by atoms with Crippen molar-refractivity contribution in [2.24, 2.45) is 12.5 Å². The summed E-state index contributed by atoms with van der Waals surface area (Å²) in [5, 5.41) is 3.02. The highest BCUT2D eigenvalue weighted by Crippen LogP contribution is 2.44. The molecule has 0 atom stereocenters. The average molecular weight is 271 g/mol. The normalized spacial score (nSPS) is 17.9. The van der Waals surface area contributed by atoms with Crippen LogP contribution in [-0.2, 0) is 23.6 Å². The van der Waals surface area contributed by atoms with E-state index in [0.717, 1.165) is 18.5 Å². The molecule has 102 valence electrons. The lowest BCUT2D eigenvalue weighted by Crippen LogP contribution is -2.28. The average Bonchev–Trinajstić information content (AvgIpc) is 2.92. The first-order chi connectivity index (χ1) is 8.36. The Hall–Kier alpha value is -0.850. The van der Waals surface area contributed by atoms with Crippen LogP contribution >= 0.6 is 0 Å². The van der Waals surface area contributed by atoms with E-state index in [1.807, 2.05) is 18.7 Å². The Labute approximate surface area is 109 Å². The van der Waals surface area contributed by atoms with Crippen molar-refractivity contribution in [3.8, 4) is 0 Å². The van der Waals surface area contributed by atoms with Gasteiger partial charge in [0.25, 0.3) is 0 Å². The molecule has 0 amide bonds. The van der Waals surface area contributed by atoms with Crippen LogP contribution in [-0.4, -0.2) is 26.6 Å². The first kappa shape index (κ1) is 13.6. The number of rotatable bonds is 6. The van der Waals surface area contributed by atoms with Crippen LogP contribution in [0.25, 0.3) is 0 Å². The van der Waals surface area contributed by atoms with Gasteiger partial charge in [0.05, 0.1) is 4.90 Å². The van der Waals surface area contributed by atoms with Gasteiger partial charge in [0, 0.05) is 32.0 Å². The Morgan fingerprint density at radius 3 is 2.67 bits per heavy atom. The fourth-order valence-corrected chi connectivity index (χ4v) is 3.12. The van der Waals surface area contributed by atoms with Crippen molar-refractivity contribution in [1.29, 1.82) is 0 Å². The van der Waals surface area contributed by atoms with E-state index in [1.165, 1.54) is 0 Å². The molecule has 2 rings (SSSR count). The maximum atomic E-state index is 12.1. The van der Waals surface area contributed by atoms with Gasteiger partial charge in [-0.3, -0.25) is 0 Å². The van der Waals surface area contributed by atoms with Crippen molar-refractivity contribution in [1.82, 2.24) is 14.6 Å². The Bertz CT molecular complexity index is 530. The molecule has 1 heterocycles. The van der Waals surface area contributed by atoms with Crippen LogP contribution in [0.4, 0.5) is 0 Å². The van der Waals surface area contributed by atoms with Gasteiger partial charge in [0.2, 0.25) is 10.0 Å². The number of sulfonamides is 1. The van der Waals surface area contributed by atoms with E-state index in [4.69, 9.17) is 0 Å². The Morgan fingerprint density at radius 1 is 1.44 bits per heavy atom. The van der Waals surface area contributed by atoms with E-state index in [-0.39, 0.29) is 5.41 Å². The predicted octanol–water partition coefficient (Wildman–Crippen LogP) is 0.823. The third-order valence-corrected chi connectivity index (χ3v) is 4.91. The number of nitrogens with zero attached hydrogens (tertiary/aromatic N) is 1. The summed E-state index contributed by atoms with van der Waals surface area (Å²) >= 11 is 0. The van der Waals surface area contributed by atoms with Gasteiger partial charge in [-0.2, -0.15) is 0 Å². The highest BCUT2D eigenvalue weighted by atomic mass is 32.2. The van der Waals surface area contributed by atoms with Crippen molar-refractivity contribution in [2.75, 3.05) is 13.6 Å². The SMILES string of the molecule is CNCc1cc(S(=O)(=O)NCC2(C)CC2)cn1C. The van der Waals surface area contributed by atoms with E-state index in [9.17, 15) is 8.42 Å². The predicted molar refractivity (Wildman–Crippen MR) is 70.7 cm³/mol. The fourth-order valence-electron chi connectivity index (χ4n) is 1.82. The number of hydrogen-bond donors (Lipinski definition) is 2. The molecule has 18 heavy (non-hydrogen) atoms. The molecule has 1 aliphatic rings. The molecule has 1 aliphatic carbocycles. The topological polar surface area (TPSA) is 63.1 Å². The van der Waals surface area contributed by atoms with Crippen LogP contribution in [0, 0.1) is 5.41 Å². The highest BCUT2D eigenvalue weighted by Gasteiger charge is 2.38. The number of aryl methyl sites for hydroxylation is 1. The molecule has 0 unspecified atom stereocenters. The van der Waals surface area contributed by atoms with E-state index in [0.29, 0.717) is 18.0 Å². The van der Waals surface area contributed by atoms with Crippen LogP contribution in [0.5, 0.6) is 0 Å². The maximum absolute atomic E-state index is 12.1. The zero-order valence-electron chi connectivity index (χ0n) is 11.2. The van der Waals surface area contributed by atoms with Crippen LogP contribution in [0.15, 0.2) is 17.2 Å². The zero-order valence-corrected chi connectivity index (χ0v) is 12.0. The summed E-state index contributed by atoms with van der Waals surface area (Å²) in [6, 6.07) is 1.72. The molecule has 1 aromatic rings. The van der Waals surface area contributed by atoms with Crippen molar-refractivity contribution in [3.63, 3.8) is 0 Å². The molecule has 1 saturated carbocycles. The molecule has 0 aliphatic heterocycles. The molecule has 0 bridgehead atoms. The summed E-state index contributed by atoms with van der Waals surface area (Å²) in [7, 11) is 0.324. The van der Waals surface area contributed by atoms with E-state index in [2.05, 4.69) is 17.0 Å². The third kappa shape index (κ3) is 2.93. The molecule has 0 aromatic carbocycles. The summed E-state index contributed by atoms with van der Waals surface area (Å²) < 4.78 is 28.8. The maximum Gasteiger partial charge on any atom is 0.242 e. The van der Waals surface area contributed by atoms with E-state index in [1.54, 1.807) is 12.3 Å². The van der Waals surface area contributed by atoms with Crippen LogP contribution in [0.3, 0.4) is 0 Å². The summed E-state index contributed by atoms with van der Waals surface area (Å²) in [5.41, 5.74) is 1.13. The standard InChI is InChI=1S/C12H21N3O2S/c1-12(4-5-12)9-14-18(16,17)11-6-10(7-13-2)15(3)8-11/h6,8,13-14H,4-5,7,9H2,1-3H3. The number of nitrogens with one attached hydrogen (secondary N) is 2. The van der Waals surface area contributed by atoms with Crippen LogP contribution in [0.2, 0.25) is 0 Å². The summed E-state index contributed by atoms with van der Waals surface area (Å²) in [6.07, 6.45) is 3.87. The molecule has 2 N–H and O–H groups in total. The number of hydrogen-bond acceptors (Lipinski definition) is 3. The molecular weight excluding hydrogens is 250 g/mol. The zero-order chi connectivity index (χ0) is 13.4. The lowest BCUT2D eigenvalue weighted by atomic mass is 10.2. The second-order valence-corrected chi connectivity index (χ2v) is 7.21. The van der Waals surface area contributed by atoms with Gasteiger partial charge in [-0.05, 0) is 31.4 Å². The third-order valence-electron chi connectivity index (χ3n) is 3.54. The van der Waals surface area contributed by atoms with Gasteiger partial charge >= 0.3 is 0 Å². The Balaban J connectivity index is 2.11. The minimum absolute atomic E-state index is 0.176. The van der Waals surface area contributed by atoms with Crippen LogP contribution in [0.1, 0.15) is 25.5 Å². The quantitative estimate of drug-likeness (QED) is 0.805. The van der Waals surface area contributed by atoms with Gasteiger partial charge < -0.3 is 9.88 Å². The second kappa shape index (κ2) is 4.68. The largest absolute Gasteiger partial charge is 0.352 e. The van der Waals surface area contributed by atoms with Gasteiger partial charge in [-0.1, -0.05) is 6.92 Å². The van der Waals surface area contributed by atoms with Crippen molar-refractivity contribution < 1.29 is 8.42 Å². The monoisotopic (exact) mass is 271 g/mol. The van der Waals surface area contributed by atoms with Gasteiger partial charge in [0.15, 0.2) is 0 Å². The second-order valence-electron chi connectivity index (χ2n) is 5.44. The first-order valence-corrected chi connectivity index (χ1v) is 7.64. The van der Waals surface area contributed by atoms with Gasteiger partial charge in [-0.15, -0.1) is 0 Å². The van der Waals surface area contributed by atoms with Crippen molar-refractivity contribution in [3.05, 3.63) is 18.0 Å². The van der Waals surface area contributed by atoms with Gasteiger partial charge in [0.1, 0.15) is 0 Å². The number of aromatic nitrogens is 1. The molecular formula is C12H21N3O2S. The molecule has 5 nitrogen and oxygen atoms in total. The highest BCUT2D eigenvalue weighted by molar-refractivity contribution is 7.89. The summed E-state index contributed by atoms with van der Waals surface area (Å²) in [5.74, 6) is 0. The first-order valence-electron chi connectivity index (χ1n) is 6.16. The summed E-state index contributed by atoms with van der Waals surface area (Å²) in [6.45, 7) is 3.29. The lowest BCUT2D eigenvalue weighted by Gasteiger charge is -2.09. The minimum atomic E-state index is -3.37. The Morgan fingerprint density at radius 2 is 2.11 bits per heavy atom. The Kier molecular flexibility index (Phi) is 3.53. The van der Waals surface area contributed by atoms with E-state index >= 15 is 0 Å². The molecule has 0 saturated heterocycles.